The van der Waals surface area contributed by atoms with Gasteiger partial charge in [0.2, 0.25) is 5.91 Å². The van der Waals surface area contributed by atoms with Crippen molar-refractivity contribution in [1.82, 2.24) is 20.9 Å². The van der Waals surface area contributed by atoms with Gasteiger partial charge in [0, 0.05) is 12.7 Å². The van der Waals surface area contributed by atoms with Gasteiger partial charge in [-0.15, -0.1) is 0 Å². The quantitative estimate of drug-likeness (QED) is 0.231. The number of amides is 3. The number of nitrogens with zero attached hydrogens (tertiary/aromatic N) is 1. The van der Waals surface area contributed by atoms with E-state index in [9.17, 15) is 28.4 Å². The summed E-state index contributed by atoms with van der Waals surface area (Å²) in [5.74, 6) is -3.35. The van der Waals surface area contributed by atoms with E-state index < -0.39 is 47.3 Å². The number of ether oxygens (including phenoxy) is 1. The van der Waals surface area contributed by atoms with Crippen LogP contribution in [0.5, 0.6) is 0 Å². The SMILES string of the molecule is C/C=C1\NC(=O)c2nc(ccc2F)CNC(=O)C[C@@H](/C=C/CCSC(C)=O)OC(=O)[C@H](CC)NC1=O. The number of carbonyl (C=O) groups excluding carboxylic acids is 5. The van der Waals surface area contributed by atoms with Crippen LogP contribution in [0.1, 0.15) is 56.2 Å². The molecule has 0 aromatic carbocycles. The molecular formula is C24H29FN4O6S. The third kappa shape index (κ3) is 8.91. The topological polar surface area (TPSA) is 144 Å². The molecule has 0 saturated carbocycles. The van der Waals surface area contributed by atoms with E-state index in [0.717, 1.165) is 17.8 Å². The summed E-state index contributed by atoms with van der Waals surface area (Å²) in [6, 6.07) is 1.29. The van der Waals surface area contributed by atoms with E-state index >= 15 is 0 Å². The minimum absolute atomic E-state index is 0.0188. The van der Waals surface area contributed by atoms with Crippen molar-refractivity contribution in [3.63, 3.8) is 0 Å². The van der Waals surface area contributed by atoms with Crippen molar-refractivity contribution in [1.29, 1.82) is 0 Å². The number of hydrogen-bond donors (Lipinski definition) is 3. The number of rotatable bonds is 5. The van der Waals surface area contributed by atoms with Crippen LogP contribution >= 0.6 is 11.8 Å². The summed E-state index contributed by atoms with van der Waals surface area (Å²) in [5.41, 5.74) is -0.529. The molecule has 2 bridgehead atoms. The number of aromatic nitrogens is 1. The highest BCUT2D eigenvalue weighted by Gasteiger charge is 2.27. The van der Waals surface area contributed by atoms with Crippen LogP contribution in [0.2, 0.25) is 0 Å². The molecule has 0 spiro atoms. The van der Waals surface area contributed by atoms with Crippen molar-refractivity contribution in [2.45, 2.75) is 58.7 Å². The van der Waals surface area contributed by atoms with Crippen LogP contribution in [0.3, 0.4) is 0 Å². The average molecular weight is 521 g/mol. The van der Waals surface area contributed by atoms with Gasteiger partial charge in [0.15, 0.2) is 16.6 Å². The smallest absolute Gasteiger partial charge is 0.329 e. The molecule has 0 aliphatic carbocycles. The van der Waals surface area contributed by atoms with Crippen LogP contribution in [0.25, 0.3) is 0 Å². The molecule has 2 rings (SSSR count). The van der Waals surface area contributed by atoms with Gasteiger partial charge in [-0.25, -0.2) is 14.2 Å². The number of fused-ring (bicyclic) bond motifs is 2. The maximum absolute atomic E-state index is 14.3. The van der Waals surface area contributed by atoms with Gasteiger partial charge in [0.05, 0.1) is 18.7 Å². The number of nitrogens with one attached hydrogen (secondary N) is 3. The molecule has 3 amide bonds. The summed E-state index contributed by atoms with van der Waals surface area (Å²) in [6.07, 6.45) is 4.10. The Hall–Kier alpha value is -3.54. The number of pyridine rings is 1. The van der Waals surface area contributed by atoms with Crippen molar-refractivity contribution < 1.29 is 33.1 Å². The molecule has 0 fully saturated rings. The largest absolute Gasteiger partial charge is 0.456 e. The van der Waals surface area contributed by atoms with Gasteiger partial charge < -0.3 is 20.7 Å². The molecule has 10 nitrogen and oxygen atoms in total. The highest BCUT2D eigenvalue weighted by Crippen LogP contribution is 2.11. The number of thioether (sulfide) groups is 1. The van der Waals surface area contributed by atoms with Gasteiger partial charge in [-0.05, 0) is 38.0 Å². The molecule has 0 unspecified atom stereocenters. The van der Waals surface area contributed by atoms with E-state index in [1.807, 2.05) is 0 Å². The molecule has 1 aliphatic heterocycles. The zero-order chi connectivity index (χ0) is 26.7. The average Bonchev–Trinajstić information content (AvgIpc) is 2.83. The highest BCUT2D eigenvalue weighted by molar-refractivity contribution is 8.13. The molecule has 0 radical (unpaired) electrons. The van der Waals surface area contributed by atoms with Crippen molar-refractivity contribution in [2.75, 3.05) is 5.75 Å². The number of hydrogen-bond acceptors (Lipinski definition) is 8. The van der Waals surface area contributed by atoms with Crippen molar-refractivity contribution in [3.05, 3.63) is 53.3 Å². The van der Waals surface area contributed by atoms with E-state index in [-0.39, 0.29) is 35.9 Å². The molecule has 0 saturated heterocycles. The van der Waals surface area contributed by atoms with Gasteiger partial charge in [0.1, 0.15) is 17.8 Å². The summed E-state index contributed by atoms with van der Waals surface area (Å²) in [7, 11) is 0. The van der Waals surface area contributed by atoms with Gasteiger partial charge in [0.25, 0.3) is 11.8 Å². The van der Waals surface area contributed by atoms with Gasteiger partial charge in [-0.1, -0.05) is 30.8 Å². The predicted molar refractivity (Wildman–Crippen MR) is 131 cm³/mol. The molecule has 3 N–H and O–H groups in total. The molecule has 1 aromatic heterocycles. The Morgan fingerprint density at radius 3 is 2.67 bits per heavy atom. The minimum atomic E-state index is -1.07. The number of carbonyl (C=O) groups is 5. The van der Waals surface area contributed by atoms with Crippen LogP contribution < -0.4 is 16.0 Å². The Bertz CT molecular complexity index is 1070. The number of allylic oxidation sites excluding steroid dienone is 2. The molecule has 1 aromatic rings. The summed E-state index contributed by atoms with van der Waals surface area (Å²) in [6.45, 7) is 4.51. The first-order valence-corrected chi connectivity index (χ1v) is 12.3. The van der Waals surface area contributed by atoms with Crippen LogP contribution in [0.15, 0.2) is 36.1 Å². The molecule has 2 atom stereocenters. The zero-order valence-corrected chi connectivity index (χ0v) is 21.1. The van der Waals surface area contributed by atoms with E-state index in [1.165, 1.54) is 26.0 Å². The van der Waals surface area contributed by atoms with E-state index in [1.54, 1.807) is 19.1 Å². The van der Waals surface area contributed by atoms with Crippen LogP contribution in [-0.2, 0) is 30.5 Å². The monoisotopic (exact) mass is 520 g/mol. The fraction of sp³-hybridized carbons (Fsp3) is 0.417. The molecule has 36 heavy (non-hydrogen) atoms. The van der Waals surface area contributed by atoms with Crippen LogP contribution in [-0.4, -0.2) is 51.7 Å². The Balaban J connectivity index is 2.33. The Morgan fingerprint density at radius 2 is 2.00 bits per heavy atom. The normalized spacial score (nSPS) is 21.1. The molecule has 2 heterocycles. The number of esters is 1. The summed E-state index contributed by atoms with van der Waals surface area (Å²) in [5, 5.41) is 7.38. The van der Waals surface area contributed by atoms with E-state index in [0.29, 0.717) is 12.2 Å². The van der Waals surface area contributed by atoms with E-state index in [2.05, 4.69) is 20.9 Å². The van der Waals surface area contributed by atoms with Crippen molar-refractivity contribution in [3.8, 4) is 0 Å². The lowest BCUT2D eigenvalue weighted by atomic mass is 10.1. The molecular weight excluding hydrogens is 491 g/mol. The van der Waals surface area contributed by atoms with Crippen LogP contribution in [0, 0.1) is 5.82 Å². The second-order valence-electron chi connectivity index (χ2n) is 7.74. The summed E-state index contributed by atoms with van der Waals surface area (Å²) < 4.78 is 19.8. The summed E-state index contributed by atoms with van der Waals surface area (Å²) in [4.78, 5) is 65.7. The first kappa shape index (κ1) is 28.7. The lowest BCUT2D eigenvalue weighted by Gasteiger charge is -2.21. The predicted octanol–water partition coefficient (Wildman–Crippen LogP) is 1.91. The third-order valence-corrected chi connectivity index (χ3v) is 5.81. The molecule has 1 aliphatic rings. The van der Waals surface area contributed by atoms with Gasteiger partial charge in [-0.2, -0.15) is 0 Å². The first-order valence-electron chi connectivity index (χ1n) is 11.4. The zero-order valence-electron chi connectivity index (χ0n) is 20.3. The highest BCUT2D eigenvalue weighted by atomic mass is 32.2. The molecule has 194 valence electrons. The Kier molecular flexibility index (Phi) is 11.3. The van der Waals surface area contributed by atoms with E-state index in [4.69, 9.17) is 4.74 Å². The maximum Gasteiger partial charge on any atom is 0.329 e. The fourth-order valence-corrected chi connectivity index (χ4v) is 3.63. The lowest BCUT2D eigenvalue weighted by molar-refractivity contribution is -0.151. The minimum Gasteiger partial charge on any atom is -0.456 e. The van der Waals surface area contributed by atoms with Crippen LogP contribution in [0.4, 0.5) is 4.39 Å². The Morgan fingerprint density at radius 1 is 1.25 bits per heavy atom. The van der Waals surface area contributed by atoms with Gasteiger partial charge >= 0.3 is 5.97 Å². The van der Waals surface area contributed by atoms with Crippen molar-refractivity contribution in [2.24, 2.45) is 0 Å². The lowest BCUT2D eigenvalue weighted by Crippen LogP contribution is -2.46. The number of cyclic esters (lactones) is 1. The fourth-order valence-electron chi connectivity index (χ4n) is 3.09. The maximum atomic E-state index is 14.3. The van der Waals surface area contributed by atoms with Crippen molar-refractivity contribution >= 4 is 40.6 Å². The third-order valence-electron chi connectivity index (χ3n) is 4.96. The van der Waals surface area contributed by atoms with Gasteiger partial charge in [-0.3, -0.25) is 19.2 Å². The standard InChI is InChI=1S/C24H29FN4O6S/c1-4-18-22(32)29-19(5-2)24(34)35-16(8-6-7-11-36-14(3)30)12-20(31)26-13-15-9-10-17(25)21(27-15)23(33)28-18/h4,6,8-10,16,19H,5,7,11-13H2,1-3H3,(H,26,31)(H,28,33)(H,29,32)/b8-6+,18-4-/t16-,19+/m1/s1. The summed E-state index contributed by atoms with van der Waals surface area (Å²) >= 11 is 1.15. The second kappa shape index (κ2) is 14.1. The second-order valence-corrected chi connectivity index (χ2v) is 9.01. The Labute approximate surface area is 212 Å². The first-order chi connectivity index (χ1) is 17.1. The molecule has 12 heteroatoms. The number of halogens is 1.